The number of thioether (sulfide) groups is 1. The molecule has 3 aromatic rings. The number of hydrogen-bond donors (Lipinski definition) is 0. The molecule has 0 saturated carbocycles. The van der Waals surface area contributed by atoms with Crippen molar-refractivity contribution in [3.05, 3.63) is 91.9 Å². The Bertz CT molecular complexity index is 1040. The molecule has 0 radical (unpaired) electrons. The van der Waals surface area contributed by atoms with E-state index in [-0.39, 0.29) is 5.56 Å². The fourth-order valence-electron chi connectivity index (χ4n) is 3.16. The van der Waals surface area contributed by atoms with E-state index < -0.39 is 0 Å². The number of rotatable bonds is 5. The lowest BCUT2D eigenvalue weighted by Crippen LogP contribution is -2.26. The van der Waals surface area contributed by atoms with Crippen molar-refractivity contribution in [1.29, 1.82) is 0 Å². The van der Waals surface area contributed by atoms with Crippen LogP contribution in [0, 0.1) is 27.7 Å². The van der Waals surface area contributed by atoms with Crippen LogP contribution in [0.3, 0.4) is 0 Å². The van der Waals surface area contributed by atoms with Gasteiger partial charge in [0.2, 0.25) is 0 Å². The van der Waals surface area contributed by atoms with E-state index in [0.29, 0.717) is 6.42 Å². The Morgan fingerprint density at radius 2 is 1.67 bits per heavy atom. The van der Waals surface area contributed by atoms with Gasteiger partial charge in [-0.3, -0.25) is 9.36 Å². The normalized spacial score (nSPS) is 11.0. The third-order valence-corrected chi connectivity index (χ3v) is 6.12. The predicted molar refractivity (Wildman–Crippen MR) is 114 cm³/mol. The molecule has 140 valence electrons. The monoisotopic (exact) mass is 378 g/mol. The molecule has 0 bridgehead atoms. The smallest absolute Gasteiger partial charge is 0.257 e. The first-order valence-corrected chi connectivity index (χ1v) is 10.2. The Hall–Kier alpha value is -2.33. The van der Waals surface area contributed by atoms with Gasteiger partial charge >= 0.3 is 0 Å². The summed E-state index contributed by atoms with van der Waals surface area (Å²) in [5.41, 5.74) is 7.84. The average Bonchev–Trinajstić information content (AvgIpc) is 2.64. The van der Waals surface area contributed by atoms with E-state index in [9.17, 15) is 4.79 Å². The second-order valence-corrected chi connectivity index (χ2v) is 8.09. The van der Waals surface area contributed by atoms with Crippen LogP contribution in [-0.4, -0.2) is 9.55 Å². The summed E-state index contributed by atoms with van der Waals surface area (Å²) in [6.45, 7) is 8.25. The molecule has 0 N–H and O–H groups in total. The molecule has 0 fully saturated rings. The molecule has 0 saturated heterocycles. The third kappa shape index (κ3) is 4.33. The Kier molecular flexibility index (Phi) is 5.85. The fraction of sp³-hybridized carbons (Fsp3) is 0.304. The molecule has 3 rings (SSSR count). The van der Waals surface area contributed by atoms with Crippen LogP contribution in [0.25, 0.3) is 0 Å². The zero-order chi connectivity index (χ0) is 19.6. The summed E-state index contributed by atoms with van der Waals surface area (Å²) in [6, 6.07) is 14.7. The molecule has 1 aromatic heterocycles. The van der Waals surface area contributed by atoms with E-state index in [1.165, 1.54) is 27.8 Å². The summed E-state index contributed by atoms with van der Waals surface area (Å²) in [4.78, 5) is 17.7. The quantitative estimate of drug-likeness (QED) is 0.468. The third-order valence-electron chi connectivity index (χ3n) is 5.04. The fourth-order valence-corrected chi connectivity index (χ4v) is 4.23. The maximum absolute atomic E-state index is 13.0. The van der Waals surface area contributed by atoms with Gasteiger partial charge in [0.05, 0.1) is 0 Å². The summed E-state index contributed by atoms with van der Waals surface area (Å²) in [6.07, 6.45) is 0.625. The topological polar surface area (TPSA) is 34.9 Å². The highest BCUT2D eigenvalue weighted by Crippen LogP contribution is 2.24. The summed E-state index contributed by atoms with van der Waals surface area (Å²) in [7, 11) is 1.82. The molecule has 2 aromatic carbocycles. The molecule has 3 nitrogen and oxygen atoms in total. The molecule has 0 spiro atoms. The van der Waals surface area contributed by atoms with Crippen molar-refractivity contribution >= 4 is 11.8 Å². The Morgan fingerprint density at radius 3 is 2.41 bits per heavy atom. The first-order valence-electron chi connectivity index (χ1n) is 9.16. The zero-order valence-corrected chi connectivity index (χ0v) is 17.5. The molecule has 1 heterocycles. The van der Waals surface area contributed by atoms with Gasteiger partial charge in [-0.1, -0.05) is 59.8 Å². The standard InChI is InChI=1S/C23H26N2OS/c1-15-10-11-17(3)20(12-15)14-27-23-24-18(4)21(22(26)25(23)5)13-19-9-7-6-8-16(19)2/h6-12H,13-14H2,1-5H3. The first-order chi connectivity index (χ1) is 12.9. The number of aromatic nitrogens is 2. The van der Waals surface area contributed by atoms with Crippen molar-refractivity contribution in [3.63, 3.8) is 0 Å². The number of nitrogens with zero attached hydrogens (tertiary/aromatic N) is 2. The molecule has 0 aliphatic heterocycles. The van der Waals surface area contributed by atoms with Crippen LogP contribution in [0.4, 0.5) is 0 Å². The Balaban J connectivity index is 1.87. The van der Waals surface area contributed by atoms with E-state index in [0.717, 1.165) is 22.2 Å². The van der Waals surface area contributed by atoms with Gasteiger partial charge in [-0.25, -0.2) is 4.98 Å². The van der Waals surface area contributed by atoms with E-state index in [1.54, 1.807) is 16.3 Å². The molecular weight excluding hydrogens is 352 g/mol. The summed E-state index contributed by atoms with van der Waals surface area (Å²) in [5, 5.41) is 0.770. The molecular formula is C23H26N2OS. The number of aryl methyl sites for hydroxylation is 4. The van der Waals surface area contributed by atoms with Crippen LogP contribution >= 0.6 is 11.8 Å². The summed E-state index contributed by atoms with van der Waals surface area (Å²) < 4.78 is 1.69. The highest BCUT2D eigenvalue weighted by molar-refractivity contribution is 7.98. The molecule has 0 atom stereocenters. The van der Waals surface area contributed by atoms with Gasteiger partial charge in [0.25, 0.3) is 5.56 Å². The Labute approximate surface area is 165 Å². The van der Waals surface area contributed by atoms with E-state index in [1.807, 2.05) is 26.1 Å². The largest absolute Gasteiger partial charge is 0.291 e. The molecule has 4 heteroatoms. The van der Waals surface area contributed by atoms with Gasteiger partial charge in [0, 0.05) is 30.5 Å². The molecule has 27 heavy (non-hydrogen) atoms. The van der Waals surface area contributed by atoms with Crippen molar-refractivity contribution in [2.75, 3.05) is 0 Å². The number of benzene rings is 2. The molecule has 0 aliphatic carbocycles. The van der Waals surface area contributed by atoms with Crippen LogP contribution in [0.5, 0.6) is 0 Å². The Morgan fingerprint density at radius 1 is 0.963 bits per heavy atom. The van der Waals surface area contributed by atoms with E-state index in [4.69, 9.17) is 4.98 Å². The highest BCUT2D eigenvalue weighted by Gasteiger charge is 2.14. The lowest BCUT2D eigenvalue weighted by atomic mass is 10.0. The second kappa shape index (κ2) is 8.13. The molecule has 0 amide bonds. The first kappa shape index (κ1) is 19.4. The van der Waals surface area contributed by atoms with Crippen LogP contribution in [0.15, 0.2) is 52.4 Å². The van der Waals surface area contributed by atoms with Crippen LogP contribution in [-0.2, 0) is 19.2 Å². The van der Waals surface area contributed by atoms with Gasteiger partial charge in [-0.05, 0) is 49.9 Å². The molecule has 0 aliphatic rings. The van der Waals surface area contributed by atoms with Gasteiger partial charge in [-0.2, -0.15) is 0 Å². The summed E-state index contributed by atoms with van der Waals surface area (Å²) >= 11 is 1.62. The van der Waals surface area contributed by atoms with Crippen molar-refractivity contribution in [2.45, 2.75) is 45.0 Å². The average molecular weight is 379 g/mol. The predicted octanol–water partition coefficient (Wildman–Crippen LogP) is 4.90. The second-order valence-electron chi connectivity index (χ2n) is 7.14. The van der Waals surface area contributed by atoms with Crippen molar-refractivity contribution in [2.24, 2.45) is 7.05 Å². The van der Waals surface area contributed by atoms with Gasteiger partial charge in [-0.15, -0.1) is 0 Å². The zero-order valence-electron chi connectivity index (χ0n) is 16.7. The SMILES string of the molecule is Cc1ccc(C)c(CSc2nc(C)c(Cc3ccccc3C)c(=O)n2C)c1. The maximum atomic E-state index is 13.0. The number of hydrogen-bond acceptors (Lipinski definition) is 3. The summed E-state index contributed by atoms with van der Waals surface area (Å²) in [5.74, 6) is 0.810. The van der Waals surface area contributed by atoms with Crippen LogP contribution < -0.4 is 5.56 Å². The van der Waals surface area contributed by atoms with Crippen molar-refractivity contribution < 1.29 is 0 Å². The van der Waals surface area contributed by atoms with Gasteiger partial charge < -0.3 is 0 Å². The minimum atomic E-state index is 0.0502. The minimum Gasteiger partial charge on any atom is -0.291 e. The maximum Gasteiger partial charge on any atom is 0.257 e. The minimum absolute atomic E-state index is 0.0502. The van der Waals surface area contributed by atoms with E-state index >= 15 is 0 Å². The van der Waals surface area contributed by atoms with Crippen LogP contribution in [0.2, 0.25) is 0 Å². The van der Waals surface area contributed by atoms with Gasteiger partial charge in [0.15, 0.2) is 5.16 Å². The van der Waals surface area contributed by atoms with Gasteiger partial charge in [0.1, 0.15) is 0 Å². The van der Waals surface area contributed by atoms with Crippen molar-refractivity contribution in [3.8, 4) is 0 Å². The lowest BCUT2D eigenvalue weighted by molar-refractivity contribution is 0.683. The van der Waals surface area contributed by atoms with Crippen molar-refractivity contribution in [1.82, 2.24) is 9.55 Å². The molecule has 0 unspecified atom stereocenters. The van der Waals surface area contributed by atoms with Crippen LogP contribution in [0.1, 0.15) is 39.1 Å². The lowest BCUT2D eigenvalue weighted by Gasteiger charge is -2.13. The highest BCUT2D eigenvalue weighted by atomic mass is 32.2. The van der Waals surface area contributed by atoms with E-state index in [2.05, 4.69) is 51.1 Å².